The Hall–Kier alpha value is -1.61. The molecule has 0 aromatic carbocycles. The lowest BCUT2D eigenvalue weighted by Crippen LogP contribution is -2.61. The number of aliphatic hydroxyl groups is 3. The molecule has 0 bridgehead atoms. The van der Waals surface area contributed by atoms with E-state index in [0.29, 0.717) is 0 Å². The normalized spacial score (nSPS) is 46.6. The maximum absolute atomic E-state index is 11.1. The zero-order valence-electron chi connectivity index (χ0n) is 12.6. The largest absolute Gasteiger partial charge is 0.479 e. The van der Waals surface area contributed by atoms with E-state index in [1.54, 1.807) is 0 Å². The second-order valence-electron chi connectivity index (χ2n) is 5.87. The van der Waals surface area contributed by atoms with Crippen LogP contribution in [0.3, 0.4) is 0 Å². The van der Waals surface area contributed by atoms with Crippen molar-refractivity contribution in [1.82, 2.24) is 0 Å². The van der Waals surface area contributed by atoms with Gasteiger partial charge >= 0.3 is 5.97 Å². The molecule has 0 saturated carbocycles. The van der Waals surface area contributed by atoms with Crippen LogP contribution in [0.5, 0.6) is 0 Å². The summed E-state index contributed by atoms with van der Waals surface area (Å²) in [7, 11) is 0. The summed E-state index contributed by atoms with van der Waals surface area (Å²) >= 11 is 0. The topological polar surface area (TPSA) is 187 Å². The van der Waals surface area contributed by atoms with Crippen LogP contribution >= 0.6 is 0 Å². The van der Waals surface area contributed by atoms with Crippen molar-refractivity contribution < 1.29 is 54.1 Å². The van der Waals surface area contributed by atoms with E-state index in [1.165, 1.54) is 0 Å². The van der Waals surface area contributed by atoms with E-state index < -0.39 is 66.2 Å². The van der Waals surface area contributed by atoms with Gasteiger partial charge in [-0.05, 0) is 0 Å². The second-order valence-corrected chi connectivity index (χ2v) is 5.87. The van der Waals surface area contributed by atoms with E-state index in [1.807, 2.05) is 0 Å². The predicted molar refractivity (Wildman–Crippen MR) is 70.5 cm³/mol. The molecule has 13 nitrogen and oxygen atoms in total. The minimum Gasteiger partial charge on any atom is -0.479 e. The standard InChI is InChI=1S/C12H17NO12/c14-5-6(15)10(11(17)18)24-12(7(5)16)23-3-1-21-9-4(25-13(19)20)2-22-8(3)9/h3-10,12,14-16H,1-2H2,(H,17,18)/t3-,4+,5+,6+,7-,8+,9+,10+,12-/m1/s1. The van der Waals surface area contributed by atoms with Crippen LogP contribution in [0.25, 0.3) is 0 Å². The number of aliphatic hydroxyl groups excluding tert-OH is 3. The van der Waals surface area contributed by atoms with Crippen molar-refractivity contribution in [3.63, 3.8) is 0 Å². The zero-order chi connectivity index (χ0) is 18.3. The maximum atomic E-state index is 11.1. The van der Waals surface area contributed by atoms with Gasteiger partial charge in [-0.3, -0.25) is 0 Å². The van der Waals surface area contributed by atoms with Crippen LogP contribution in [0.4, 0.5) is 0 Å². The van der Waals surface area contributed by atoms with Crippen LogP contribution in [0.15, 0.2) is 0 Å². The van der Waals surface area contributed by atoms with Gasteiger partial charge < -0.3 is 44.2 Å². The van der Waals surface area contributed by atoms with Crippen molar-refractivity contribution >= 4 is 5.97 Å². The highest BCUT2D eigenvalue weighted by molar-refractivity contribution is 5.73. The number of aliphatic carboxylic acids is 1. The Balaban J connectivity index is 1.64. The molecule has 4 N–H and O–H groups in total. The fraction of sp³-hybridized carbons (Fsp3) is 0.917. The summed E-state index contributed by atoms with van der Waals surface area (Å²) in [5.41, 5.74) is 0. The number of carboxylic acids is 1. The van der Waals surface area contributed by atoms with Crippen molar-refractivity contribution in [3.8, 4) is 0 Å². The molecule has 3 saturated heterocycles. The molecule has 0 radical (unpaired) electrons. The number of hydrogen-bond donors (Lipinski definition) is 4. The fourth-order valence-electron chi connectivity index (χ4n) is 3.08. The Kier molecular flexibility index (Phi) is 5.06. The number of hydrogen-bond acceptors (Lipinski definition) is 11. The van der Waals surface area contributed by atoms with Gasteiger partial charge in [0, 0.05) is 0 Å². The van der Waals surface area contributed by atoms with Gasteiger partial charge in [0.25, 0.3) is 5.09 Å². The van der Waals surface area contributed by atoms with Crippen molar-refractivity contribution in [2.75, 3.05) is 13.2 Å². The molecule has 0 amide bonds. The molecule has 9 atom stereocenters. The van der Waals surface area contributed by atoms with Crippen molar-refractivity contribution in [1.29, 1.82) is 0 Å². The lowest BCUT2D eigenvalue weighted by molar-refractivity contribution is -0.769. The van der Waals surface area contributed by atoms with Gasteiger partial charge in [0.05, 0.1) is 13.2 Å². The number of carboxylic acid groups (broad SMARTS) is 1. The highest BCUT2D eigenvalue weighted by Gasteiger charge is 2.53. The number of rotatable bonds is 5. The SMILES string of the molecule is O=C(O)[C@H]1O[C@@H](O[C@@H]2CO[C@@H]3[C@H]2OC[C@@H]3O[N+](=O)[O-])[C@H](O)[C@@H](O)[C@@H]1O. The molecule has 13 heteroatoms. The Morgan fingerprint density at radius 3 is 2.24 bits per heavy atom. The van der Waals surface area contributed by atoms with E-state index >= 15 is 0 Å². The summed E-state index contributed by atoms with van der Waals surface area (Å²) in [6, 6.07) is 0. The molecule has 0 spiro atoms. The third-order valence-corrected chi connectivity index (χ3v) is 4.31. The molecule has 0 aromatic rings. The van der Waals surface area contributed by atoms with Crippen LogP contribution in [-0.2, 0) is 28.6 Å². The van der Waals surface area contributed by atoms with Crippen LogP contribution in [0, 0.1) is 10.1 Å². The molecular weight excluding hydrogens is 350 g/mol. The molecular formula is C12H17NO12. The van der Waals surface area contributed by atoms with Crippen LogP contribution in [0.1, 0.15) is 0 Å². The lowest BCUT2D eigenvalue weighted by atomic mass is 9.99. The van der Waals surface area contributed by atoms with Crippen LogP contribution in [-0.4, -0.2) is 99.8 Å². The molecule has 0 aliphatic carbocycles. The molecule has 142 valence electrons. The van der Waals surface area contributed by atoms with E-state index in [0.717, 1.165) is 0 Å². The average molecular weight is 367 g/mol. The van der Waals surface area contributed by atoms with E-state index in [2.05, 4.69) is 4.84 Å². The molecule has 25 heavy (non-hydrogen) atoms. The Bertz CT molecular complexity index is 530. The first kappa shape index (κ1) is 18.2. The first-order valence-electron chi connectivity index (χ1n) is 7.42. The molecule has 3 heterocycles. The second kappa shape index (κ2) is 6.95. The third kappa shape index (κ3) is 3.39. The molecule has 3 rings (SSSR count). The molecule has 3 aliphatic rings. The van der Waals surface area contributed by atoms with Gasteiger partial charge in [-0.15, -0.1) is 10.1 Å². The van der Waals surface area contributed by atoms with Crippen LogP contribution < -0.4 is 0 Å². The highest BCUT2D eigenvalue weighted by atomic mass is 17.0. The number of carbonyl (C=O) groups is 1. The van der Waals surface area contributed by atoms with E-state index in [4.69, 9.17) is 24.1 Å². The Labute approximate surface area is 139 Å². The van der Waals surface area contributed by atoms with Gasteiger partial charge in [-0.2, -0.15) is 0 Å². The molecule has 3 fully saturated rings. The van der Waals surface area contributed by atoms with Crippen molar-refractivity contribution in [2.24, 2.45) is 0 Å². The first-order chi connectivity index (χ1) is 11.8. The Morgan fingerprint density at radius 2 is 1.64 bits per heavy atom. The summed E-state index contributed by atoms with van der Waals surface area (Å²) in [4.78, 5) is 25.9. The first-order valence-corrected chi connectivity index (χ1v) is 7.42. The summed E-state index contributed by atoms with van der Waals surface area (Å²) < 4.78 is 21.2. The minimum absolute atomic E-state index is 0.0735. The maximum Gasteiger partial charge on any atom is 0.335 e. The quantitative estimate of drug-likeness (QED) is 0.279. The van der Waals surface area contributed by atoms with Crippen molar-refractivity contribution in [2.45, 2.75) is 55.1 Å². The average Bonchev–Trinajstić information content (AvgIpc) is 3.11. The summed E-state index contributed by atoms with van der Waals surface area (Å²) in [6.07, 6.45) is -12.0. The number of nitrogens with zero attached hydrogens (tertiary/aromatic N) is 1. The van der Waals surface area contributed by atoms with Gasteiger partial charge in [-0.1, -0.05) is 0 Å². The van der Waals surface area contributed by atoms with Gasteiger partial charge in [-0.25, -0.2) is 4.79 Å². The van der Waals surface area contributed by atoms with E-state index in [-0.39, 0.29) is 13.2 Å². The predicted octanol–water partition coefficient (Wildman–Crippen LogP) is -3.36. The summed E-state index contributed by atoms with van der Waals surface area (Å²) in [6.45, 7) is -0.181. The molecule has 0 aromatic heterocycles. The highest BCUT2D eigenvalue weighted by Crippen LogP contribution is 2.33. The smallest absolute Gasteiger partial charge is 0.335 e. The molecule has 0 unspecified atom stereocenters. The minimum atomic E-state index is -1.83. The zero-order valence-corrected chi connectivity index (χ0v) is 12.6. The van der Waals surface area contributed by atoms with Crippen LogP contribution in [0.2, 0.25) is 0 Å². The van der Waals surface area contributed by atoms with E-state index in [9.17, 15) is 30.2 Å². The Morgan fingerprint density at radius 1 is 1.04 bits per heavy atom. The molecule has 3 aliphatic heterocycles. The summed E-state index contributed by atoms with van der Waals surface area (Å²) in [5, 5.41) is 47.8. The third-order valence-electron chi connectivity index (χ3n) is 4.31. The van der Waals surface area contributed by atoms with Gasteiger partial charge in [0.1, 0.15) is 36.6 Å². The lowest BCUT2D eigenvalue weighted by Gasteiger charge is -2.39. The van der Waals surface area contributed by atoms with Crippen molar-refractivity contribution in [3.05, 3.63) is 10.1 Å². The van der Waals surface area contributed by atoms with Gasteiger partial charge in [0.2, 0.25) is 0 Å². The van der Waals surface area contributed by atoms with Gasteiger partial charge in [0.15, 0.2) is 18.5 Å². The fourth-order valence-corrected chi connectivity index (χ4v) is 3.08. The summed E-state index contributed by atoms with van der Waals surface area (Å²) in [5.74, 6) is -1.54. The number of fused-ring (bicyclic) bond motifs is 1. The monoisotopic (exact) mass is 367 g/mol. The number of ether oxygens (including phenoxy) is 4.